The Hall–Kier alpha value is -0.870. The van der Waals surface area contributed by atoms with Gasteiger partial charge in [0.05, 0.1) is 18.9 Å². The molecule has 0 saturated heterocycles. The Morgan fingerprint density at radius 1 is 1.14 bits per heavy atom. The topological polar surface area (TPSA) is 55.5 Å². The van der Waals surface area contributed by atoms with Gasteiger partial charge in [-0.15, -0.1) is 0 Å². The monoisotopic (exact) mass is 311 g/mol. The molecule has 0 unspecified atom stereocenters. The molecule has 3 N–H and O–H groups in total. The minimum absolute atomic E-state index is 0.222. The second-order valence-electron chi connectivity index (χ2n) is 5.26. The van der Waals surface area contributed by atoms with Crippen molar-refractivity contribution < 1.29 is 9.84 Å². The Labute approximate surface area is 133 Å². The van der Waals surface area contributed by atoms with Crippen molar-refractivity contribution >= 4 is 17.4 Å². The molecule has 0 aromatic heterocycles. The summed E-state index contributed by atoms with van der Waals surface area (Å²) >= 11 is 1.71. The second-order valence-corrected chi connectivity index (χ2v) is 6.37. The number of thioether (sulfide) groups is 1. The molecule has 0 spiro atoms. The van der Waals surface area contributed by atoms with Gasteiger partial charge < -0.3 is 15.6 Å². The van der Waals surface area contributed by atoms with Gasteiger partial charge in [0, 0.05) is 11.5 Å². The summed E-state index contributed by atoms with van der Waals surface area (Å²) in [6.45, 7) is 3.20. The highest BCUT2D eigenvalue weighted by Gasteiger charge is 2.02. The van der Waals surface area contributed by atoms with Crippen LogP contribution in [0.15, 0.2) is 18.2 Å². The van der Waals surface area contributed by atoms with Crippen LogP contribution in [0.2, 0.25) is 0 Å². The fraction of sp³-hybridized carbons (Fsp3) is 0.647. The summed E-state index contributed by atoms with van der Waals surface area (Å²) < 4.78 is 5.75. The highest BCUT2D eigenvalue weighted by Crippen LogP contribution is 2.25. The van der Waals surface area contributed by atoms with Gasteiger partial charge in [-0.1, -0.05) is 45.1 Å². The number of benzene rings is 1. The summed E-state index contributed by atoms with van der Waals surface area (Å²) in [5.74, 6) is 2.43. The lowest BCUT2D eigenvalue weighted by molar-refractivity contribution is 0.306. The molecule has 0 amide bonds. The molecular weight excluding hydrogens is 282 g/mol. The molecule has 0 fully saturated rings. The quantitative estimate of drug-likeness (QED) is 0.448. The van der Waals surface area contributed by atoms with Crippen molar-refractivity contribution in [2.24, 2.45) is 0 Å². The molecule has 1 rings (SSSR count). The molecule has 4 heteroatoms. The predicted octanol–water partition coefficient (Wildman–Crippen LogP) is 4.23. The van der Waals surface area contributed by atoms with E-state index in [0.29, 0.717) is 5.69 Å². The van der Waals surface area contributed by atoms with Gasteiger partial charge in [0.2, 0.25) is 0 Å². The average molecular weight is 311 g/mol. The number of hydrogen-bond donors (Lipinski definition) is 2. The lowest BCUT2D eigenvalue weighted by atomic mass is 10.1. The molecule has 1 aromatic rings. The first-order valence-corrected chi connectivity index (χ1v) is 9.13. The van der Waals surface area contributed by atoms with Crippen molar-refractivity contribution in [3.8, 4) is 5.75 Å². The van der Waals surface area contributed by atoms with E-state index >= 15 is 0 Å². The lowest BCUT2D eigenvalue weighted by Crippen LogP contribution is -2.01. The van der Waals surface area contributed by atoms with Crippen LogP contribution in [-0.4, -0.2) is 24.1 Å². The number of nitrogen functional groups attached to an aromatic ring is 1. The maximum absolute atomic E-state index is 8.77. The van der Waals surface area contributed by atoms with Crippen molar-refractivity contribution in [2.75, 3.05) is 24.7 Å². The van der Waals surface area contributed by atoms with Crippen LogP contribution in [0.5, 0.6) is 5.75 Å². The van der Waals surface area contributed by atoms with Crippen LogP contribution in [-0.2, 0) is 5.75 Å². The van der Waals surface area contributed by atoms with Crippen molar-refractivity contribution in [3.05, 3.63) is 23.8 Å². The third-order valence-electron chi connectivity index (χ3n) is 3.33. The molecule has 0 saturated carbocycles. The molecule has 120 valence electrons. The van der Waals surface area contributed by atoms with Crippen molar-refractivity contribution in [1.82, 2.24) is 0 Å². The van der Waals surface area contributed by atoms with E-state index in [2.05, 4.69) is 13.0 Å². The highest BCUT2D eigenvalue weighted by atomic mass is 32.2. The summed E-state index contributed by atoms with van der Waals surface area (Å²) in [6, 6.07) is 5.99. The average Bonchev–Trinajstić information content (AvgIpc) is 2.48. The number of hydrogen-bond acceptors (Lipinski definition) is 4. The van der Waals surface area contributed by atoms with Gasteiger partial charge >= 0.3 is 0 Å². The molecule has 0 atom stereocenters. The van der Waals surface area contributed by atoms with E-state index < -0.39 is 0 Å². The molecule has 21 heavy (non-hydrogen) atoms. The number of unbranched alkanes of at least 4 members (excludes halogenated alkanes) is 5. The number of ether oxygens (including phenoxy) is 1. The first kappa shape index (κ1) is 18.2. The Morgan fingerprint density at radius 2 is 1.90 bits per heavy atom. The molecule has 0 bridgehead atoms. The van der Waals surface area contributed by atoms with Crippen LogP contribution >= 0.6 is 11.8 Å². The number of aliphatic hydroxyl groups excluding tert-OH is 1. The normalized spacial score (nSPS) is 10.8. The van der Waals surface area contributed by atoms with Gasteiger partial charge in [-0.05, 0) is 24.1 Å². The van der Waals surface area contributed by atoms with Gasteiger partial charge in [0.25, 0.3) is 0 Å². The van der Waals surface area contributed by atoms with Gasteiger partial charge in [-0.25, -0.2) is 0 Å². The van der Waals surface area contributed by atoms with E-state index in [-0.39, 0.29) is 6.61 Å². The first-order chi connectivity index (χ1) is 10.3. The number of aliphatic hydroxyl groups is 1. The molecule has 0 radical (unpaired) electrons. The standard InChI is InChI=1S/C17H29NO2S/c1-2-3-4-5-6-7-11-20-17-9-8-15(13-16(17)18)14-21-12-10-19/h8-9,13,19H,2-7,10-12,14,18H2,1H3. The van der Waals surface area contributed by atoms with Gasteiger partial charge in [-0.3, -0.25) is 0 Å². The molecular formula is C17H29NO2S. The molecule has 0 aliphatic rings. The third kappa shape index (κ3) is 8.22. The van der Waals surface area contributed by atoms with Gasteiger partial charge in [-0.2, -0.15) is 11.8 Å². The zero-order valence-electron chi connectivity index (χ0n) is 13.1. The highest BCUT2D eigenvalue weighted by molar-refractivity contribution is 7.98. The lowest BCUT2D eigenvalue weighted by Gasteiger charge is -2.10. The maximum Gasteiger partial charge on any atom is 0.142 e. The van der Waals surface area contributed by atoms with Crippen molar-refractivity contribution in [1.29, 1.82) is 0 Å². The number of anilines is 1. The molecule has 1 aromatic carbocycles. The number of nitrogens with two attached hydrogens (primary N) is 1. The van der Waals surface area contributed by atoms with Crippen molar-refractivity contribution in [2.45, 2.75) is 51.2 Å². The Morgan fingerprint density at radius 3 is 2.62 bits per heavy atom. The second kappa shape index (κ2) is 11.8. The molecule has 3 nitrogen and oxygen atoms in total. The number of rotatable bonds is 12. The van der Waals surface area contributed by atoms with E-state index in [0.717, 1.165) is 30.3 Å². The molecule has 0 aliphatic carbocycles. The van der Waals surface area contributed by atoms with Crippen LogP contribution in [0, 0.1) is 0 Å². The zero-order chi connectivity index (χ0) is 15.3. The summed E-state index contributed by atoms with van der Waals surface area (Å²) in [5.41, 5.74) is 7.91. The van der Waals surface area contributed by atoms with E-state index in [9.17, 15) is 0 Å². The van der Waals surface area contributed by atoms with Crippen LogP contribution in [0.25, 0.3) is 0 Å². The van der Waals surface area contributed by atoms with Crippen LogP contribution in [0.3, 0.4) is 0 Å². The van der Waals surface area contributed by atoms with Crippen LogP contribution < -0.4 is 10.5 Å². The Kier molecular flexibility index (Phi) is 10.2. The summed E-state index contributed by atoms with van der Waals surface area (Å²) in [5, 5.41) is 8.77. The maximum atomic E-state index is 8.77. The van der Waals surface area contributed by atoms with Crippen LogP contribution in [0.1, 0.15) is 51.0 Å². The summed E-state index contributed by atoms with van der Waals surface area (Å²) in [6.07, 6.45) is 7.58. The predicted molar refractivity (Wildman–Crippen MR) is 93.0 cm³/mol. The summed E-state index contributed by atoms with van der Waals surface area (Å²) in [4.78, 5) is 0. The van der Waals surface area contributed by atoms with Gasteiger partial charge in [0.1, 0.15) is 5.75 Å². The van der Waals surface area contributed by atoms with E-state index in [4.69, 9.17) is 15.6 Å². The van der Waals surface area contributed by atoms with Crippen LogP contribution in [0.4, 0.5) is 5.69 Å². The minimum Gasteiger partial charge on any atom is -0.491 e. The molecule has 0 aliphatic heterocycles. The Balaban J connectivity index is 2.22. The fourth-order valence-electron chi connectivity index (χ4n) is 2.14. The molecule has 0 heterocycles. The fourth-order valence-corrected chi connectivity index (χ4v) is 2.83. The first-order valence-electron chi connectivity index (χ1n) is 7.97. The van der Waals surface area contributed by atoms with Crippen molar-refractivity contribution in [3.63, 3.8) is 0 Å². The van der Waals surface area contributed by atoms with E-state index in [1.807, 2.05) is 12.1 Å². The largest absolute Gasteiger partial charge is 0.491 e. The Bertz CT molecular complexity index is 385. The SMILES string of the molecule is CCCCCCCCOc1ccc(CSCCO)cc1N. The van der Waals surface area contributed by atoms with E-state index in [1.165, 1.54) is 37.7 Å². The van der Waals surface area contributed by atoms with E-state index in [1.54, 1.807) is 11.8 Å². The smallest absolute Gasteiger partial charge is 0.142 e. The van der Waals surface area contributed by atoms with Gasteiger partial charge in [0.15, 0.2) is 0 Å². The third-order valence-corrected chi connectivity index (χ3v) is 4.34. The zero-order valence-corrected chi connectivity index (χ0v) is 14.0. The minimum atomic E-state index is 0.222. The summed E-state index contributed by atoms with van der Waals surface area (Å²) in [7, 11) is 0.